The Balaban J connectivity index is 1.65. The summed E-state index contributed by atoms with van der Waals surface area (Å²) in [4.78, 5) is 40.4. The zero-order valence-corrected chi connectivity index (χ0v) is 16.7. The molecule has 152 valence electrons. The van der Waals surface area contributed by atoms with Gasteiger partial charge < -0.3 is 10.4 Å². The number of carbonyl (C=O) groups is 2. The predicted molar refractivity (Wildman–Crippen MR) is 112 cm³/mol. The number of anilines is 4. The Morgan fingerprint density at radius 3 is 2.63 bits per heavy atom. The second-order valence-corrected chi connectivity index (χ2v) is 7.09. The van der Waals surface area contributed by atoms with Gasteiger partial charge in [0, 0.05) is 30.2 Å². The number of amides is 2. The molecule has 0 unspecified atom stereocenters. The number of fused-ring (bicyclic) bond motifs is 1. The van der Waals surface area contributed by atoms with E-state index in [1.165, 1.54) is 21.9 Å². The molecule has 9 heteroatoms. The van der Waals surface area contributed by atoms with Crippen LogP contribution >= 0.6 is 0 Å². The lowest BCUT2D eigenvalue weighted by molar-refractivity contribution is 0.0697. The third-order valence-electron chi connectivity index (χ3n) is 4.92. The quantitative estimate of drug-likeness (QED) is 0.684. The summed E-state index contributed by atoms with van der Waals surface area (Å²) in [5.41, 5.74) is 3.87. The summed E-state index contributed by atoms with van der Waals surface area (Å²) in [6.07, 6.45) is 3.35. The number of pyridine rings is 1. The highest BCUT2D eigenvalue weighted by atomic mass is 16.4. The molecule has 0 aliphatic carbocycles. The van der Waals surface area contributed by atoms with Crippen molar-refractivity contribution in [2.75, 3.05) is 22.2 Å². The molecule has 9 nitrogen and oxygen atoms in total. The lowest BCUT2D eigenvalue weighted by atomic mass is 10.1. The van der Waals surface area contributed by atoms with E-state index in [1.807, 2.05) is 26.0 Å². The molecule has 2 aromatic heterocycles. The Hall–Kier alpha value is -4.01. The lowest BCUT2D eigenvalue weighted by Crippen LogP contribution is -2.46. The van der Waals surface area contributed by atoms with E-state index in [4.69, 9.17) is 0 Å². The largest absolute Gasteiger partial charge is 0.478 e. The second-order valence-electron chi connectivity index (χ2n) is 7.09. The van der Waals surface area contributed by atoms with Crippen molar-refractivity contribution >= 4 is 35.1 Å². The molecule has 0 saturated carbocycles. The number of carboxylic acid groups (broad SMARTS) is 1. The minimum atomic E-state index is -1.04. The van der Waals surface area contributed by atoms with E-state index in [-0.39, 0.29) is 18.1 Å². The Labute approximate surface area is 173 Å². The number of aromatic carboxylic acids is 1. The highest BCUT2D eigenvalue weighted by Crippen LogP contribution is 2.32. The molecule has 0 spiro atoms. The number of aryl methyl sites for hydroxylation is 2. The Morgan fingerprint density at radius 1 is 1.13 bits per heavy atom. The summed E-state index contributed by atoms with van der Waals surface area (Å²) in [7, 11) is 1.63. The molecule has 4 rings (SSSR count). The maximum absolute atomic E-state index is 13.0. The molecule has 2 N–H and O–H groups in total. The van der Waals surface area contributed by atoms with Gasteiger partial charge >= 0.3 is 12.0 Å². The molecule has 0 fully saturated rings. The molecular weight excluding hydrogens is 384 g/mol. The molecule has 1 aliphatic rings. The van der Waals surface area contributed by atoms with E-state index in [0.29, 0.717) is 17.5 Å². The van der Waals surface area contributed by atoms with Crippen molar-refractivity contribution in [3.63, 3.8) is 0 Å². The van der Waals surface area contributed by atoms with Crippen molar-refractivity contribution in [3.8, 4) is 0 Å². The molecule has 0 atom stereocenters. The van der Waals surface area contributed by atoms with Crippen molar-refractivity contribution in [1.29, 1.82) is 0 Å². The van der Waals surface area contributed by atoms with Crippen molar-refractivity contribution < 1.29 is 14.7 Å². The van der Waals surface area contributed by atoms with Crippen molar-refractivity contribution in [1.82, 2.24) is 15.0 Å². The topological polar surface area (TPSA) is 112 Å². The van der Waals surface area contributed by atoms with E-state index < -0.39 is 5.97 Å². The van der Waals surface area contributed by atoms with Crippen LogP contribution in [0, 0.1) is 13.8 Å². The molecule has 2 amide bonds. The van der Waals surface area contributed by atoms with E-state index >= 15 is 0 Å². The second kappa shape index (κ2) is 7.43. The SMILES string of the molecule is Cc1ccc(Nc2ncc3c(n2)N(C)C(=O)N(c2cc(C(=O)O)ccc2C)C3)cn1. The number of nitrogens with one attached hydrogen (secondary N) is 1. The highest BCUT2D eigenvalue weighted by molar-refractivity contribution is 6.06. The average Bonchev–Trinajstić information content (AvgIpc) is 2.73. The first kappa shape index (κ1) is 19.3. The summed E-state index contributed by atoms with van der Waals surface area (Å²) in [6, 6.07) is 8.18. The zero-order chi connectivity index (χ0) is 21.4. The number of benzene rings is 1. The monoisotopic (exact) mass is 404 g/mol. The number of hydrogen-bond donors (Lipinski definition) is 2. The number of urea groups is 1. The fourth-order valence-electron chi connectivity index (χ4n) is 3.26. The van der Waals surface area contributed by atoms with Crippen LogP contribution < -0.4 is 15.1 Å². The number of hydrogen-bond acceptors (Lipinski definition) is 6. The van der Waals surface area contributed by atoms with Crippen LogP contribution in [0.25, 0.3) is 0 Å². The molecule has 3 aromatic rings. The van der Waals surface area contributed by atoms with Gasteiger partial charge in [-0.1, -0.05) is 6.07 Å². The van der Waals surface area contributed by atoms with Gasteiger partial charge in [0.2, 0.25) is 5.95 Å². The van der Waals surface area contributed by atoms with Gasteiger partial charge in [-0.05, 0) is 43.7 Å². The van der Waals surface area contributed by atoms with Crippen molar-refractivity contribution in [2.45, 2.75) is 20.4 Å². The average molecular weight is 404 g/mol. The van der Waals surface area contributed by atoms with E-state index in [9.17, 15) is 14.7 Å². The van der Waals surface area contributed by atoms with Crippen LogP contribution in [0.1, 0.15) is 27.2 Å². The maximum Gasteiger partial charge on any atom is 0.335 e. The summed E-state index contributed by atoms with van der Waals surface area (Å²) in [5.74, 6) is -0.184. The van der Waals surface area contributed by atoms with Gasteiger partial charge in [-0.3, -0.25) is 14.8 Å². The van der Waals surface area contributed by atoms with Crippen molar-refractivity contribution in [2.24, 2.45) is 0 Å². The van der Waals surface area contributed by atoms with Gasteiger partial charge in [-0.2, -0.15) is 4.98 Å². The first-order valence-corrected chi connectivity index (χ1v) is 9.28. The van der Waals surface area contributed by atoms with Gasteiger partial charge in [-0.25, -0.2) is 14.6 Å². The number of carbonyl (C=O) groups excluding carboxylic acids is 1. The molecule has 0 saturated heterocycles. The van der Waals surface area contributed by atoms with E-state index in [1.54, 1.807) is 25.5 Å². The van der Waals surface area contributed by atoms with Crippen LogP contribution in [-0.4, -0.2) is 39.1 Å². The normalized spacial score (nSPS) is 13.2. The number of aromatic nitrogens is 3. The minimum Gasteiger partial charge on any atom is -0.478 e. The van der Waals surface area contributed by atoms with Crippen LogP contribution in [-0.2, 0) is 6.54 Å². The number of rotatable bonds is 4. The standard InChI is InChI=1S/C21H20N6O3/c1-12-4-6-14(19(28)29)8-17(12)27-11-15-9-23-20(25-18(15)26(3)21(27)30)24-16-7-5-13(2)22-10-16/h4-10H,11H2,1-3H3,(H,28,29)(H,23,24,25). The van der Waals surface area contributed by atoms with Crippen LogP contribution in [0.15, 0.2) is 42.7 Å². The first-order valence-electron chi connectivity index (χ1n) is 9.28. The third kappa shape index (κ3) is 3.52. The van der Waals surface area contributed by atoms with E-state index in [2.05, 4.69) is 20.3 Å². The van der Waals surface area contributed by atoms with Gasteiger partial charge in [0.25, 0.3) is 0 Å². The zero-order valence-electron chi connectivity index (χ0n) is 16.7. The molecule has 30 heavy (non-hydrogen) atoms. The van der Waals surface area contributed by atoms with Crippen LogP contribution in [0.5, 0.6) is 0 Å². The summed E-state index contributed by atoms with van der Waals surface area (Å²) in [5, 5.41) is 12.4. The van der Waals surface area contributed by atoms with Gasteiger partial charge in [0.1, 0.15) is 5.82 Å². The molecule has 1 aliphatic heterocycles. The minimum absolute atomic E-state index is 0.124. The Bertz CT molecular complexity index is 1150. The number of carboxylic acids is 1. The summed E-state index contributed by atoms with van der Waals surface area (Å²) >= 11 is 0. The molecule has 1 aromatic carbocycles. The Kier molecular flexibility index (Phi) is 4.78. The van der Waals surface area contributed by atoms with Crippen LogP contribution in [0.4, 0.5) is 27.9 Å². The fraction of sp³-hybridized carbons (Fsp3) is 0.190. The van der Waals surface area contributed by atoms with Gasteiger partial charge in [-0.15, -0.1) is 0 Å². The maximum atomic E-state index is 13.0. The van der Waals surface area contributed by atoms with Crippen LogP contribution in [0.3, 0.4) is 0 Å². The predicted octanol–water partition coefficient (Wildman–Crippen LogP) is 3.51. The highest BCUT2D eigenvalue weighted by Gasteiger charge is 2.31. The molecule has 0 bridgehead atoms. The van der Waals surface area contributed by atoms with Gasteiger partial charge in [0.15, 0.2) is 0 Å². The Morgan fingerprint density at radius 2 is 1.93 bits per heavy atom. The smallest absolute Gasteiger partial charge is 0.335 e. The third-order valence-corrected chi connectivity index (χ3v) is 4.92. The first-order chi connectivity index (χ1) is 14.3. The fourth-order valence-corrected chi connectivity index (χ4v) is 3.26. The number of nitrogens with zero attached hydrogens (tertiary/aromatic N) is 5. The summed E-state index contributed by atoms with van der Waals surface area (Å²) in [6.45, 7) is 3.98. The molecule has 3 heterocycles. The summed E-state index contributed by atoms with van der Waals surface area (Å²) < 4.78 is 0. The molecule has 0 radical (unpaired) electrons. The molecular formula is C21H20N6O3. The van der Waals surface area contributed by atoms with E-state index in [0.717, 1.165) is 22.5 Å². The van der Waals surface area contributed by atoms with Gasteiger partial charge in [0.05, 0.1) is 24.0 Å². The lowest BCUT2D eigenvalue weighted by Gasteiger charge is -2.34. The van der Waals surface area contributed by atoms with Crippen molar-refractivity contribution in [3.05, 3.63) is 65.1 Å². The van der Waals surface area contributed by atoms with Crippen LogP contribution in [0.2, 0.25) is 0 Å².